The maximum atomic E-state index is 12.9. The van der Waals surface area contributed by atoms with E-state index in [-0.39, 0.29) is 25.8 Å². The van der Waals surface area contributed by atoms with Crippen LogP contribution in [0, 0.1) is 0 Å². The van der Waals surface area contributed by atoms with E-state index in [1.54, 1.807) is 35.8 Å². The molecule has 204 valence electrons. The molecular formula is C26H31Cl2FN6O3. The largest absolute Gasteiger partial charge is 0.448 e. The number of halogens is 3. The van der Waals surface area contributed by atoms with E-state index >= 15 is 0 Å². The molecule has 0 saturated carbocycles. The fourth-order valence-corrected chi connectivity index (χ4v) is 4.86. The molecule has 1 aromatic carbocycles. The molecule has 38 heavy (non-hydrogen) atoms. The first-order chi connectivity index (χ1) is 18.4. The summed E-state index contributed by atoms with van der Waals surface area (Å²) < 4.78 is 26.0. The summed E-state index contributed by atoms with van der Waals surface area (Å²) in [6.45, 7) is 4.61. The number of alkyl halides is 1. The Morgan fingerprint density at radius 1 is 1.16 bits per heavy atom. The summed E-state index contributed by atoms with van der Waals surface area (Å²) in [6.07, 6.45) is 5.48. The number of carbonyl (C=O) groups excluding carboxylic acids is 1. The van der Waals surface area contributed by atoms with Gasteiger partial charge in [-0.1, -0.05) is 37.0 Å². The first kappa shape index (κ1) is 28.1. The average molecular weight is 565 g/mol. The van der Waals surface area contributed by atoms with Crippen LogP contribution in [0.3, 0.4) is 0 Å². The lowest BCUT2D eigenvalue weighted by atomic mass is 10.1. The third-order valence-electron chi connectivity index (χ3n) is 6.29. The molecule has 1 fully saturated rings. The van der Waals surface area contributed by atoms with Crippen molar-refractivity contribution in [1.29, 1.82) is 0 Å². The third-order valence-corrected chi connectivity index (χ3v) is 6.83. The highest BCUT2D eigenvalue weighted by molar-refractivity contribution is 6.36. The minimum absolute atomic E-state index is 0.0626. The predicted molar refractivity (Wildman–Crippen MR) is 145 cm³/mol. The molecule has 3 aromatic rings. The van der Waals surface area contributed by atoms with Gasteiger partial charge in [-0.2, -0.15) is 0 Å². The van der Waals surface area contributed by atoms with Crippen LogP contribution >= 0.6 is 23.2 Å². The van der Waals surface area contributed by atoms with Crippen LogP contribution in [-0.4, -0.2) is 75.6 Å². The summed E-state index contributed by atoms with van der Waals surface area (Å²) in [5.41, 5.74) is 2.98. The number of benzene rings is 1. The number of amides is 1. The number of nitrogens with one attached hydrogen (secondary N) is 1. The quantitative estimate of drug-likeness (QED) is 0.348. The summed E-state index contributed by atoms with van der Waals surface area (Å²) in [6, 6.07) is 4.98. The van der Waals surface area contributed by atoms with E-state index in [2.05, 4.69) is 10.3 Å². The highest BCUT2D eigenvalue weighted by Gasteiger charge is 2.37. The highest BCUT2D eigenvalue weighted by atomic mass is 35.5. The van der Waals surface area contributed by atoms with E-state index < -0.39 is 18.9 Å². The number of ether oxygens (including phenoxy) is 2. The molecule has 2 atom stereocenters. The molecule has 9 nitrogen and oxygen atoms in total. The van der Waals surface area contributed by atoms with Crippen LogP contribution in [0.15, 0.2) is 36.9 Å². The highest BCUT2D eigenvalue weighted by Crippen LogP contribution is 2.33. The molecule has 1 N–H and O–H groups in total. The topological polar surface area (TPSA) is 94.4 Å². The number of rotatable bonds is 11. The molecule has 1 aliphatic rings. The first-order valence-corrected chi connectivity index (χ1v) is 13.4. The second kappa shape index (κ2) is 13.2. The van der Waals surface area contributed by atoms with Crippen LogP contribution < -0.4 is 5.32 Å². The van der Waals surface area contributed by atoms with Gasteiger partial charge in [-0.25, -0.2) is 24.1 Å². The van der Waals surface area contributed by atoms with Crippen LogP contribution in [-0.2, 0) is 28.9 Å². The Morgan fingerprint density at radius 2 is 1.97 bits per heavy atom. The van der Waals surface area contributed by atoms with Gasteiger partial charge in [-0.15, -0.1) is 0 Å². The van der Waals surface area contributed by atoms with Crippen molar-refractivity contribution in [2.45, 2.75) is 45.4 Å². The average Bonchev–Trinajstić information content (AvgIpc) is 3.57. The number of hydrogen-bond acceptors (Lipinski definition) is 7. The minimum atomic E-state index is -0.616. The summed E-state index contributed by atoms with van der Waals surface area (Å²) >= 11 is 12.6. The van der Waals surface area contributed by atoms with Gasteiger partial charge in [0.1, 0.15) is 19.1 Å². The Balaban J connectivity index is 1.51. The molecule has 0 unspecified atom stereocenters. The molecule has 4 rings (SSSR count). The summed E-state index contributed by atoms with van der Waals surface area (Å²) in [5, 5.41) is 4.47. The smallest absolute Gasteiger partial charge is 0.409 e. The van der Waals surface area contributed by atoms with Gasteiger partial charge in [0.2, 0.25) is 0 Å². The molecule has 12 heteroatoms. The number of anilines is 1. The maximum Gasteiger partial charge on any atom is 0.409 e. The summed E-state index contributed by atoms with van der Waals surface area (Å²) in [5.74, 6) is 0.604. The fraction of sp³-hybridized carbons (Fsp3) is 0.462. The Labute approximate surface area is 231 Å². The van der Waals surface area contributed by atoms with Gasteiger partial charge in [0.25, 0.3) is 0 Å². The van der Waals surface area contributed by atoms with Crippen LogP contribution in [0.5, 0.6) is 0 Å². The van der Waals surface area contributed by atoms with E-state index in [4.69, 9.17) is 42.6 Å². The monoisotopic (exact) mass is 564 g/mol. The zero-order valence-electron chi connectivity index (χ0n) is 21.4. The van der Waals surface area contributed by atoms with E-state index in [1.165, 1.54) is 0 Å². The maximum absolute atomic E-state index is 12.9. The van der Waals surface area contributed by atoms with Gasteiger partial charge < -0.3 is 24.3 Å². The van der Waals surface area contributed by atoms with Crippen molar-refractivity contribution in [3.8, 4) is 11.3 Å². The Kier molecular flexibility index (Phi) is 9.76. The van der Waals surface area contributed by atoms with Crippen LogP contribution in [0.2, 0.25) is 10.0 Å². The van der Waals surface area contributed by atoms with Crippen molar-refractivity contribution in [3.63, 3.8) is 0 Å². The van der Waals surface area contributed by atoms with Gasteiger partial charge in [0.05, 0.1) is 60.3 Å². The van der Waals surface area contributed by atoms with Crippen molar-refractivity contribution in [1.82, 2.24) is 24.4 Å². The molecule has 1 saturated heterocycles. The number of carbonyl (C=O) groups is 1. The normalized spacial score (nSPS) is 17.1. The Hall–Kier alpha value is -2.95. The molecular weight excluding hydrogens is 534 g/mol. The van der Waals surface area contributed by atoms with Crippen molar-refractivity contribution in [2.75, 3.05) is 38.3 Å². The molecule has 0 bridgehead atoms. The van der Waals surface area contributed by atoms with Crippen LogP contribution in [0.1, 0.15) is 25.2 Å². The van der Waals surface area contributed by atoms with Crippen molar-refractivity contribution in [3.05, 3.63) is 58.4 Å². The van der Waals surface area contributed by atoms with Crippen molar-refractivity contribution in [2.24, 2.45) is 0 Å². The van der Waals surface area contributed by atoms with Crippen LogP contribution in [0.25, 0.3) is 11.3 Å². The molecule has 0 aliphatic carbocycles. The van der Waals surface area contributed by atoms with Gasteiger partial charge in [0, 0.05) is 29.5 Å². The van der Waals surface area contributed by atoms with E-state index in [0.29, 0.717) is 47.5 Å². The second-order valence-corrected chi connectivity index (χ2v) is 9.66. The lowest BCUT2D eigenvalue weighted by molar-refractivity contribution is 0.0427. The number of likely N-dealkylation sites (tertiary alicyclic amines) is 1. The SMILES string of the molecule is CCc1nc(-c2ccc(Cl)cc2Cl)c(CC)nc1N[C@@H]1CN(C(=O)OCCn2ccnc2)C[C@@H]1OCCF. The zero-order chi connectivity index (χ0) is 27.1. The summed E-state index contributed by atoms with van der Waals surface area (Å²) in [7, 11) is 0. The van der Waals surface area contributed by atoms with Crippen molar-refractivity contribution < 1.29 is 18.7 Å². The Bertz CT molecular complexity index is 1230. The second-order valence-electron chi connectivity index (χ2n) is 8.81. The lowest BCUT2D eigenvalue weighted by Gasteiger charge is -2.22. The van der Waals surface area contributed by atoms with E-state index in [0.717, 1.165) is 17.0 Å². The number of nitrogens with zero attached hydrogens (tertiary/aromatic N) is 5. The summed E-state index contributed by atoms with van der Waals surface area (Å²) in [4.78, 5) is 28.1. The minimum Gasteiger partial charge on any atom is -0.448 e. The molecule has 0 radical (unpaired) electrons. The number of imidazole rings is 1. The molecule has 1 aliphatic heterocycles. The molecule has 2 aromatic heterocycles. The standard InChI is InChI=1S/C26H31Cl2FN6O3/c1-3-20-24(18-6-5-17(27)13-19(18)28)31-21(4-2)25(32-20)33-22-14-35(15-23(22)37-11-7-29)26(36)38-12-10-34-9-8-30-16-34/h5-6,8-9,13,16,22-23H,3-4,7,10-12,14-15H2,1-2H3,(H,32,33)/t22-,23+/m1/s1. The third kappa shape index (κ3) is 6.73. The van der Waals surface area contributed by atoms with Gasteiger partial charge in [-0.05, 0) is 31.0 Å². The first-order valence-electron chi connectivity index (χ1n) is 12.6. The number of hydrogen-bond donors (Lipinski definition) is 1. The number of aromatic nitrogens is 4. The van der Waals surface area contributed by atoms with Gasteiger partial charge in [-0.3, -0.25) is 0 Å². The van der Waals surface area contributed by atoms with Gasteiger partial charge in [0.15, 0.2) is 0 Å². The van der Waals surface area contributed by atoms with Crippen molar-refractivity contribution >= 4 is 35.1 Å². The van der Waals surface area contributed by atoms with Gasteiger partial charge >= 0.3 is 6.09 Å². The van der Waals surface area contributed by atoms with Crippen LogP contribution in [0.4, 0.5) is 15.0 Å². The molecule has 1 amide bonds. The molecule has 0 spiro atoms. The van der Waals surface area contributed by atoms with E-state index in [9.17, 15) is 9.18 Å². The lowest BCUT2D eigenvalue weighted by Crippen LogP contribution is -2.36. The zero-order valence-corrected chi connectivity index (χ0v) is 22.9. The van der Waals surface area contributed by atoms with E-state index in [1.807, 2.05) is 24.5 Å². The number of aryl methyl sites for hydroxylation is 2. The Morgan fingerprint density at radius 3 is 2.66 bits per heavy atom. The predicted octanol–water partition coefficient (Wildman–Crippen LogP) is 5.06. The molecule has 3 heterocycles. The fourth-order valence-electron chi connectivity index (χ4n) is 4.36.